The van der Waals surface area contributed by atoms with Gasteiger partial charge in [-0.25, -0.2) is 4.39 Å². The van der Waals surface area contributed by atoms with Crippen molar-refractivity contribution in [1.82, 2.24) is 15.5 Å². The Morgan fingerprint density at radius 3 is 2.44 bits per heavy atom. The maximum absolute atomic E-state index is 14.6. The van der Waals surface area contributed by atoms with Crippen LogP contribution in [0.25, 0.3) is 0 Å². The first kappa shape index (κ1) is 23.9. The maximum atomic E-state index is 14.6. The van der Waals surface area contributed by atoms with Crippen molar-refractivity contribution >= 4 is 35.6 Å². The monoisotopic (exact) mass is 491 g/mol. The molecule has 7 heteroatoms. The summed E-state index contributed by atoms with van der Waals surface area (Å²) in [5.41, 5.74) is 1.63. The van der Waals surface area contributed by atoms with Crippen molar-refractivity contribution in [1.29, 1.82) is 0 Å². The molecule has 1 aliphatic heterocycles. The summed E-state index contributed by atoms with van der Waals surface area (Å²) >= 11 is 0. The topological polar surface area (TPSA) is 42.9 Å². The Labute approximate surface area is 180 Å². The predicted molar refractivity (Wildman–Crippen MR) is 124 cm³/mol. The van der Waals surface area contributed by atoms with E-state index in [9.17, 15) is 4.39 Å². The molecule has 1 aliphatic rings. The Kier molecular flexibility index (Phi) is 11.0. The second-order valence-electron chi connectivity index (χ2n) is 7.24. The number of nitrogens with zero attached hydrogens (tertiary/aromatic N) is 3. The normalized spacial score (nSPS) is 15.6. The molecule has 5 nitrogen and oxygen atoms in total. The summed E-state index contributed by atoms with van der Waals surface area (Å²) in [6.45, 7) is 12.8. The SMILES string of the molecule is CCN1CCN(c2ccc(CNC(=NC)NCCC(C)C)cc2F)CC1.I. The molecule has 0 atom stereocenters. The molecule has 1 aromatic rings. The van der Waals surface area contributed by atoms with Crippen LogP contribution in [-0.2, 0) is 6.54 Å². The van der Waals surface area contributed by atoms with E-state index in [4.69, 9.17) is 0 Å². The highest BCUT2D eigenvalue weighted by atomic mass is 127. The van der Waals surface area contributed by atoms with E-state index in [1.807, 2.05) is 12.1 Å². The van der Waals surface area contributed by atoms with Gasteiger partial charge in [-0.3, -0.25) is 4.99 Å². The summed E-state index contributed by atoms with van der Waals surface area (Å²) in [6, 6.07) is 5.54. The summed E-state index contributed by atoms with van der Waals surface area (Å²) in [7, 11) is 1.75. The number of guanidine groups is 1. The minimum Gasteiger partial charge on any atom is -0.367 e. The molecule has 1 heterocycles. The molecule has 1 aromatic carbocycles. The number of likely N-dealkylation sites (N-methyl/N-ethyl adjacent to an activating group) is 1. The van der Waals surface area contributed by atoms with Crippen LogP contribution in [0, 0.1) is 11.7 Å². The Bertz CT molecular complexity index is 586. The first-order valence-corrected chi connectivity index (χ1v) is 9.73. The molecule has 2 rings (SSSR count). The summed E-state index contributed by atoms with van der Waals surface area (Å²) in [4.78, 5) is 8.75. The molecule has 154 valence electrons. The van der Waals surface area contributed by atoms with E-state index in [0.29, 0.717) is 18.2 Å². The molecule has 2 N–H and O–H groups in total. The lowest BCUT2D eigenvalue weighted by molar-refractivity contribution is 0.270. The molecule has 0 unspecified atom stereocenters. The predicted octanol–water partition coefficient (Wildman–Crippen LogP) is 3.30. The van der Waals surface area contributed by atoms with Gasteiger partial charge in [-0.05, 0) is 36.6 Å². The second kappa shape index (κ2) is 12.4. The lowest BCUT2D eigenvalue weighted by Crippen LogP contribution is -2.46. The zero-order valence-corrected chi connectivity index (χ0v) is 19.4. The number of hydrogen-bond donors (Lipinski definition) is 2. The Morgan fingerprint density at radius 1 is 1.19 bits per heavy atom. The third-order valence-electron chi connectivity index (χ3n) is 4.87. The number of rotatable bonds is 7. The Hall–Kier alpha value is -1.09. The van der Waals surface area contributed by atoms with Gasteiger partial charge in [-0.15, -0.1) is 24.0 Å². The smallest absolute Gasteiger partial charge is 0.191 e. The number of anilines is 1. The van der Waals surface area contributed by atoms with E-state index in [1.54, 1.807) is 13.1 Å². The van der Waals surface area contributed by atoms with Crippen molar-refractivity contribution in [2.24, 2.45) is 10.9 Å². The van der Waals surface area contributed by atoms with E-state index in [0.717, 1.165) is 57.2 Å². The number of hydrogen-bond acceptors (Lipinski definition) is 3. The van der Waals surface area contributed by atoms with E-state index in [1.165, 1.54) is 0 Å². The fourth-order valence-electron chi connectivity index (χ4n) is 3.11. The van der Waals surface area contributed by atoms with Gasteiger partial charge < -0.3 is 20.4 Å². The zero-order chi connectivity index (χ0) is 18.9. The quantitative estimate of drug-likeness (QED) is 0.349. The number of benzene rings is 1. The van der Waals surface area contributed by atoms with Crippen LogP contribution in [-0.4, -0.2) is 57.2 Å². The van der Waals surface area contributed by atoms with Gasteiger partial charge in [0.25, 0.3) is 0 Å². The average Bonchev–Trinajstić information content (AvgIpc) is 2.64. The third kappa shape index (κ3) is 7.81. The molecule has 0 spiro atoms. The van der Waals surface area contributed by atoms with Crippen LogP contribution in [0.1, 0.15) is 32.8 Å². The van der Waals surface area contributed by atoms with Crippen LogP contribution < -0.4 is 15.5 Å². The molecule has 0 amide bonds. The minimum atomic E-state index is -0.142. The van der Waals surface area contributed by atoms with Gasteiger partial charge in [0, 0.05) is 46.3 Å². The number of halogens is 2. The highest BCUT2D eigenvalue weighted by Crippen LogP contribution is 2.22. The molecule has 1 fully saturated rings. The molecule has 0 radical (unpaired) electrons. The lowest BCUT2D eigenvalue weighted by atomic mass is 10.1. The van der Waals surface area contributed by atoms with Gasteiger partial charge >= 0.3 is 0 Å². The molecule has 0 aliphatic carbocycles. The number of nitrogens with one attached hydrogen (secondary N) is 2. The van der Waals surface area contributed by atoms with Crippen molar-refractivity contribution in [2.45, 2.75) is 33.7 Å². The second-order valence-corrected chi connectivity index (χ2v) is 7.24. The molecule has 0 aromatic heterocycles. The van der Waals surface area contributed by atoms with Crippen molar-refractivity contribution in [2.75, 3.05) is 51.2 Å². The highest BCUT2D eigenvalue weighted by molar-refractivity contribution is 14.0. The fraction of sp³-hybridized carbons (Fsp3) is 0.650. The summed E-state index contributed by atoms with van der Waals surface area (Å²) in [6.07, 6.45) is 1.09. The van der Waals surface area contributed by atoms with Crippen LogP contribution in [0.5, 0.6) is 0 Å². The highest BCUT2D eigenvalue weighted by Gasteiger charge is 2.18. The van der Waals surface area contributed by atoms with E-state index >= 15 is 0 Å². The third-order valence-corrected chi connectivity index (χ3v) is 4.87. The van der Waals surface area contributed by atoms with Crippen LogP contribution in [0.4, 0.5) is 10.1 Å². The summed E-state index contributed by atoms with van der Waals surface area (Å²) < 4.78 is 14.6. The Morgan fingerprint density at radius 2 is 1.89 bits per heavy atom. The summed E-state index contributed by atoms with van der Waals surface area (Å²) in [5, 5.41) is 6.54. The van der Waals surface area contributed by atoms with Gasteiger partial charge in [-0.2, -0.15) is 0 Å². The van der Waals surface area contributed by atoms with Crippen LogP contribution in [0.2, 0.25) is 0 Å². The largest absolute Gasteiger partial charge is 0.367 e. The summed E-state index contributed by atoms with van der Waals surface area (Å²) in [5.74, 6) is 1.27. The first-order chi connectivity index (χ1) is 12.5. The molecular weight excluding hydrogens is 456 g/mol. The standard InChI is InChI=1S/C20H34FN5.HI/c1-5-25-10-12-26(13-11-25)19-7-6-17(14-18(19)21)15-24-20(22-4)23-9-8-16(2)3;/h6-7,14,16H,5,8-13,15H2,1-4H3,(H2,22,23,24);1H. The maximum Gasteiger partial charge on any atom is 0.191 e. The molecule has 0 saturated carbocycles. The van der Waals surface area contributed by atoms with Gasteiger partial charge in [0.1, 0.15) is 5.82 Å². The van der Waals surface area contributed by atoms with Crippen molar-refractivity contribution in [3.8, 4) is 0 Å². The van der Waals surface area contributed by atoms with Gasteiger partial charge in [0.2, 0.25) is 0 Å². The van der Waals surface area contributed by atoms with Crippen molar-refractivity contribution in [3.63, 3.8) is 0 Å². The molecule has 27 heavy (non-hydrogen) atoms. The van der Waals surface area contributed by atoms with Gasteiger partial charge in [0.05, 0.1) is 5.69 Å². The van der Waals surface area contributed by atoms with Crippen molar-refractivity contribution < 1.29 is 4.39 Å². The van der Waals surface area contributed by atoms with E-state index in [-0.39, 0.29) is 29.8 Å². The van der Waals surface area contributed by atoms with Crippen molar-refractivity contribution in [3.05, 3.63) is 29.6 Å². The number of piperazine rings is 1. The van der Waals surface area contributed by atoms with Gasteiger partial charge in [-0.1, -0.05) is 26.8 Å². The average molecular weight is 491 g/mol. The molecule has 1 saturated heterocycles. The van der Waals surface area contributed by atoms with E-state index in [2.05, 4.69) is 46.2 Å². The first-order valence-electron chi connectivity index (χ1n) is 9.73. The number of aliphatic imine (C=N–C) groups is 1. The van der Waals surface area contributed by atoms with E-state index < -0.39 is 0 Å². The Balaban J connectivity index is 0.00000364. The molecular formula is C20H35FIN5. The zero-order valence-electron chi connectivity index (χ0n) is 17.1. The van der Waals surface area contributed by atoms with Crippen LogP contribution in [0.15, 0.2) is 23.2 Å². The van der Waals surface area contributed by atoms with Crippen LogP contribution >= 0.6 is 24.0 Å². The fourth-order valence-corrected chi connectivity index (χ4v) is 3.11. The minimum absolute atomic E-state index is 0. The van der Waals surface area contributed by atoms with Gasteiger partial charge in [0.15, 0.2) is 5.96 Å². The van der Waals surface area contributed by atoms with Crippen LogP contribution in [0.3, 0.4) is 0 Å². The molecule has 0 bridgehead atoms. The lowest BCUT2D eigenvalue weighted by Gasteiger charge is -2.35.